The van der Waals surface area contributed by atoms with Gasteiger partial charge in [-0.15, -0.1) is 0 Å². The van der Waals surface area contributed by atoms with Gasteiger partial charge in [0, 0.05) is 11.5 Å². The number of H-pyrrole nitrogens is 2. The Morgan fingerprint density at radius 1 is 1.03 bits per heavy atom. The van der Waals surface area contributed by atoms with Crippen LogP contribution < -0.4 is 10.9 Å². The van der Waals surface area contributed by atoms with Crippen LogP contribution in [0.15, 0.2) is 71.5 Å². The molecule has 0 spiro atoms. The Bertz CT molecular complexity index is 1410. The number of carbonyl (C=O) groups is 1. The van der Waals surface area contributed by atoms with Gasteiger partial charge in [-0.2, -0.15) is 0 Å². The molecule has 1 amide bonds. The lowest BCUT2D eigenvalue weighted by atomic mass is 10.2. The van der Waals surface area contributed by atoms with Gasteiger partial charge in [0.15, 0.2) is 0 Å². The Kier molecular flexibility index (Phi) is 4.17. The first kappa shape index (κ1) is 17.9. The van der Waals surface area contributed by atoms with Crippen molar-refractivity contribution in [3.8, 4) is 5.69 Å². The van der Waals surface area contributed by atoms with E-state index in [9.17, 15) is 14.0 Å². The number of rotatable bonds is 4. The van der Waals surface area contributed by atoms with Crippen LogP contribution in [0.25, 0.3) is 27.8 Å². The minimum Gasteiger partial charge on any atom is -0.344 e. The normalized spacial score (nSPS) is 11.2. The molecule has 0 fully saturated rings. The predicted octanol–water partition coefficient (Wildman–Crippen LogP) is 3.26. The summed E-state index contributed by atoms with van der Waals surface area (Å²) in [7, 11) is 0. The van der Waals surface area contributed by atoms with E-state index in [4.69, 9.17) is 0 Å². The Labute approximate surface area is 169 Å². The Balaban J connectivity index is 1.44. The fraction of sp³-hybridized carbons (Fsp3) is 0.0455. The number of amides is 1. The van der Waals surface area contributed by atoms with E-state index in [1.807, 2.05) is 24.3 Å². The van der Waals surface area contributed by atoms with Gasteiger partial charge >= 0.3 is 0 Å². The number of nitrogens with zero attached hydrogens (tertiary/aromatic N) is 2. The second kappa shape index (κ2) is 7.00. The Hall–Kier alpha value is -4.20. The van der Waals surface area contributed by atoms with Gasteiger partial charge in [-0.3, -0.25) is 14.2 Å². The fourth-order valence-electron chi connectivity index (χ4n) is 3.43. The van der Waals surface area contributed by atoms with Crippen molar-refractivity contribution in [2.75, 3.05) is 0 Å². The molecule has 2 aromatic carbocycles. The van der Waals surface area contributed by atoms with E-state index in [2.05, 4.69) is 20.3 Å². The zero-order valence-electron chi connectivity index (χ0n) is 15.6. The van der Waals surface area contributed by atoms with Gasteiger partial charge in [-0.25, -0.2) is 9.37 Å². The molecular weight excluding hydrogens is 385 g/mol. The largest absolute Gasteiger partial charge is 0.344 e. The fourth-order valence-corrected chi connectivity index (χ4v) is 3.43. The third kappa shape index (κ3) is 3.14. The van der Waals surface area contributed by atoms with Crippen molar-refractivity contribution in [1.82, 2.24) is 24.8 Å². The predicted molar refractivity (Wildman–Crippen MR) is 111 cm³/mol. The van der Waals surface area contributed by atoms with Crippen molar-refractivity contribution in [3.05, 3.63) is 94.4 Å². The van der Waals surface area contributed by atoms with E-state index < -0.39 is 5.82 Å². The summed E-state index contributed by atoms with van der Waals surface area (Å²) in [5.41, 5.74) is 2.71. The average molecular weight is 401 g/mol. The molecule has 0 atom stereocenters. The lowest BCUT2D eigenvalue weighted by Gasteiger charge is -2.07. The van der Waals surface area contributed by atoms with Crippen LogP contribution in [0, 0.1) is 5.82 Å². The van der Waals surface area contributed by atoms with E-state index in [1.165, 1.54) is 34.9 Å². The van der Waals surface area contributed by atoms with Gasteiger partial charge in [-0.1, -0.05) is 12.1 Å². The number of aromatic amines is 2. The SMILES string of the molecule is O=C(NCc1nc2ccccc2[nH]1)c1cc2ccc(=O)n(-c3ccc(F)cc3)c2[nH]1. The molecule has 0 aliphatic carbocycles. The van der Waals surface area contributed by atoms with Gasteiger partial charge in [0.1, 0.15) is 23.0 Å². The first-order chi connectivity index (χ1) is 14.6. The van der Waals surface area contributed by atoms with Crippen molar-refractivity contribution >= 4 is 28.0 Å². The smallest absolute Gasteiger partial charge is 0.268 e. The maximum Gasteiger partial charge on any atom is 0.268 e. The van der Waals surface area contributed by atoms with Gasteiger partial charge in [0.05, 0.1) is 23.3 Å². The Morgan fingerprint density at radius 3 is 2.63 bits per heavy atom. The Morgan fingerprint density at radius 2 is 1.83 bits per heavy atom. The van der Waals surface area contributed by atoms with Crippen LogP contribution in [-0.4, -0.2) is 25.4 Å². The summed E-state index contributed by atoms with van der Waals surface area (Å²) in [6.45, 7) is 0.230. The van der Waals surface area contributed by atoms with Crippen LogP contribution >= 0.6 is 0 Å². The molecule has 0 aliphatic rings. The van der Waals surface area contributed by atoms with Crippen LogP contribution in [-0.2, 0) is 6.54 Å². The molecule has 3 heterocycles. The number of benzene rings is 2. The van der Waals surface area contributed by atoms with Gasteiger partial charge in [-0.05, 0) is 48.5 Å². The summed E-state index contributed by atoms with van der Waals surface area (Å²) in [6, 6.07) is 17.9. The molecule has 3 aromatic heterocycles. The molecule has 3 N–H and O–H groups in total. The number of halogens is 1. The molecule has 0 aliphatic heterocycles. The third-order valence-corrected chi connectivity index (χ3v) is 4.86. The molecule has 148 valence electrons. The number of aromatic nitrogens is 4. The van der Waals surface area contributed by atoms with Crippen molar-refractivity contribution in [1.29, 1.82) is 0 Å². The summed E-state index contributed by atoms with van der Waals surface area (Å²) in [6.07, 6.45) is 0. The number of pyridine rings is 1. The summed E-state index contributed by atoms with van der Waals surface area (Å²) in [5.74, 6) is -0.0789. The highest BCUT2D eigenvalue weighted by Gasteiger charge is 2.14. The first-order valence-electron chi connectivity index (χ1n) is 9.31. The van der Waals surface area contributed by atoms with Crippen LogP contribution in [0.5, 0.6) is 0 Å². The quantitative estimate of drug-likeness (QED) is 0.431. The lowest BCUT2D eigenvalue weighted by Crippen LogP contribution is -2.23. The van der Waals surface area contributed by atoms with Crippen molar-refractivity contribution in [2.45, 2.75) is 6.54 Å². The van der Waals surface area contributed by atoms with Crippen molar-refractivity contribution in [2.24, 2.45) is 0 Å². The van der Waals surface area contributed by atoms with E-state index in [1.54, 1.807) is 12.1 Å². The van der Waals surface area contributed by atoms with E-state index in [-0.39, 0.29) is 18.0 Å². The topological polar surface area (TPSA) is 95.6 Å². The van der Waals surface area contributed by atoms with Gasteiger partial charge in [0.2, 0.25) is 0 Å². The summed E-state index contributed by atoms with van der Waals surface area (Å²) in [4.78, 5) is 35.7. The second-order valence-corrected chi connectivity index (χ2v) is 6.85. The lowest BCUT2D eigenvalue weighted by molar-refractivity contribution is 0.0946. The standard InChI is InChI=1S/C22H16FN5O2/c23-14-6-8-15(9-7-14)28-20(29)10-5-13-11-18(27-21(13)28)22(30)24-12-19-25-16-3-1-2-4-17(16)26-19/h1-11,27H,12H2,(H,24,30)(H,25,26). The zero-order valence-corrected chi connectivity index (χ0v) is 15.6. The minimum absolute atomic E-state index is 0.230. The molecule has 0 radical (unpaired) electrons. The second-order valence-electron chi connectivity index (χ2n) is 6.85. The molecule has 5 aromatic rings. The van der Waals surface area contributed by atoms with Gasteiger partial charge < -0.3 is 15.3 Å². The van der Waals surface area contributed by atoms with E-state index >= 15 is 0 Å². The summed E-state index contributed by atoms with van der Waals surface area (Å²) in [5, 5.41) is 3.51. The third-order valence-electron chi connectivity index (χ3n) is 4.86. The molecule has 5 rings (SSSR count). The van der Waals surface area contributed by atoms with Crippen LogP contribution in [0.2, 0.25) is 0 Å². The number of hydrogen-bond donors (Lipinski definition) is 3. The monoisotopic (exact) mass is 401 g/mol. The molecule has 0 bridgehead atoms. The molecule has 30 heavy (non-hydrogen) atoms. The number of imidazole rings is 1. The number of fused-ring (bicyclic) bond motifs is 2. The summed E-state index contributed by atoms with van der Waals surface area (Å²) >= 11 is 0. The summed E-state index contributed by atoms with van der Waals surface area (Å²) < 4.78 is 14.7. The van der Waals surface area contributed by atoms with Crippen LogP contribution in [0.3, 0.4) is 0 Å². The van der Waals surface area contributed by atoms with E-state index in [0.29, 0.717) is 28.2 Å². The molecule has 0 unspecified atom stereocenters. The van der Waals surface area contributed by atoms with Gasteiger partial charge in [0.25, 0.3) is 11.5 Å². The maximum absolute atomic E-state index is 13.3. The molecular formula is C22H16FN5O2. The molecule has 7 nitrogen and oxygen atoms in total. The molecule has 0 saturated heterocycles. The number of para-hydroxylation sites is 2. The number of carbonyl (C=O) groups excluding carboxylic acids is 1. The number of nitrogens with one attached hydrogen (secondary N) is 3. The van der Waals surface area contributed by atoms with Crippen molar-refractivity contribution in [3.63, 3.8) is 0 Å². The number of hydrogen-bond acceptors (Lipinski definition) is 3. The highest BCUT2D eigenvalue weighted by molar-refractivity contribution is 5.97. The van der Waals surface area contributed by atoms with E-state index in [0.717, 1.165) is 11.0 Å². The maximum atomic E-state index is 13.3. The molecule has 0 saturated carbocycles. The first-order valence-corrected chi connectivity index (χ1v) is 9.31. The van der Waals surface area contributed by atoms with Crippen LogP contribution in [0.1, 0.15) is 16.3 Å². The highest BCUT2D eigenvalue weighted by atomic mass is 19.1. The average Bonchev–Trinajstić information content (AvgIpc) is 3.36. The zero-order chi connectivity index (χ0) is 20.7. The van der Waals surface area contributed by atoms with Crippen molar-refractivity contribution < 1.29 is 9.18 Å². The minimum atomic E-state index is -0.392. The molecule has 8 heteroatoms. The highest BCUT2D eigenvalue weighted by Crippen LogP contribution is 2.18. The van der Waals surface area contributed by atoms with Crippen LogP contribution in [0.4, 0.5) is 4.39 Å².